The summed E-state index contributed by atoms with van der Waals surface area (Å²) in [6.45, 7) is 4.50. The molecule has 112 valence electrons. The average molecular weight is 298 g/mol. The van der Waals surface area contributed by atoms with Gasteiger partial charge >= 0.3 is 0 Å². The molecule has 0 radical (unpaired) electrons. The van der Waals surface area contributed by atoms with Crippen molar-refractivity contribution in [2.24, 2.45) is 0 Å². The van der Waals surface area contributed by atoms with Crippen LogP contribution in [0.2, 0.25) is 0 Å². The molecule has 1 aromatic carbocycles. The molecular weight excluding hydrogens is 274 g/mol. The molecule has 1 aliphatic heterocycles. The molecular formula is C15H24ClN3O. The highest BCUT2D eigenvalue weighted by molar-refractivity contribution is 5.92. The molecule has 0 bridgehead atoms. The molecule has 1 atom stereocenters. The summed E-state index contributed by atoms with van der Waals surface area (Å²) in [4.78, 5) is 14.3. The number of likely N-dealkylation sites (tertiary alicyclic amines) is 1. The van der Waals surface area contributed by atoms with Gasteiger partial charge in [0, 0.05) is 18.3 Å². The van der Waals surface area contributed by atoms with Gasteiger partial charge in [0.15, 0.2) is 0 Å². The van der Waals surface area contributed by atoms with E-state index in [9.17, 15) is 4.79 Å². The molecule has 2 rings (SSSR count). The van der Waals surface area contributed by atoms with Crippen LogP contribution in [-0.2, 0) is 4.79 Å². The minimum Gasteiger partial charge on any atom is -0.325 e. The largest absolute Gasteiger partial charge is 0.325 e. The summed E-state index contributed by atoms with van der Waals surface area (Å²) >= 11 is 0. The zero-order valence-corrected chi connectivity index (χ0v) is 13.0. The fraction of sp³-hybridized carbons (Fsp3) is 0.533. The first-order chi connectivity index (χ1) is 9.19. The summed E-state index contributed by atoms with van der Waals surface area (Å²) in [6.07, 6.45) is 2.36. The normalized spacial score (nSPS) is 18.6. The Morgan fingerprint density at radius 1 is 1.35 bits per heavy atom. The second-order valence-electron chi connectivity index (χ2n) is 5.24. The summed E-state index contributed by atoms with van der Waals surface area (Å²) in [7, 11) is 1.96. The van der Waals surface area contributed by atoms with E-state index in [2.05, 4.69) is 15.5 Å². The van der Waals surface area contributed by atoms with Gasteiger partial charge in [0.1, 0.15) is 0 Å². The van der Waals surface area contributed by atoms with Crippen molar-refractivity contribution in [2.75, 3.05) is 32.0 Å². The molecule has 0 spiro atoms. The van der Waals surface area contributed by atoms with Crippen LogP contribution in [0.5, 0.6) is 0 Å². The molecule has 1 aromatic rings. The lowest BCUT2D eigenvalue weighted by Crippen LogP contribution is -2.41. The third-order valence-corrected chi connectivity index (χ3v) is 3.62. The highest BCUT2D eigenvalue weighted by Crippen LogP contribution is 2.16. The molecule has 1 unspecified atom stereocenters. The molecule has 5 heteroatoms. The van der Waals surface area contributed by atoms with Crippen LogP contribution in [0.15, 0.2) is 24.3 Å². The zero-order valence-electron chi connectivity index (χ0n) is 12.2. The van der Waals surface area contributed by atoms with Crippen LogP contribution >= 0.6 is 12.4 Å². The zero-order chi connectivity index (χ0) is 13.7. The van der Waals surface area contributed by atoms with Gasteiger partial charge in [-0.05, 0) is 45.5 Å². The molecule has 1 amide bonds. The number of carbonyl (C=O) groups is 1. The van der Waals surface area contributed by atoms with Gasteiger partial charge in [-0.3, -0.25) is 9.69 Å². The van der Waals surface area contributed by atoms with Gasteiger partial charge in [-0.2, -0.15) is 0 Å². The number of anilines is 1. The fourth-order valence-electron chi connectivity index (χ4n) is 2.59. The van der Waals surface area contributed by atoms with Crippen LogP contribution < -0.4 is 10.6 Å². The number of nitrogens with zero attached hydrogens (tertiary/aromatic N) is 1. The lowest BCUT2D eigenvalue weighted by Gasteiger charge is -2.23. The summed E-state index contributed by atoms with van der Waals surface area (Å²) in [5.41, 5.74) is 2.08. The predicted molar refractivity (Wildman–Crippen MR) is 85.6 cm³/mol. The van der Waals surface area contributed by atoms with Crippen LogP contribution in [0.25, 0.3) is 0 Å². The van der Waals surface area contributed by atoms with E-state index in [4.69, 9.17) is 0 Å². The van der Waals surface area contributed by atoms with Crippen molar-refractivity contribution in [3.8, 4) is 0 Å². The molecule has 4 nitrogen and oxygen atoms in total. The Morgan fingerprint density at radius 3 is 2.70 bits per heavy atom. The molecule has 1 saturated heterocycles. The van der Waals surface area contributed by atoms with Crippen molar-refractivity contribution in [2.45, 2.75) is 25.8 Å². The van der Waals surface area contributed by atoms with Gasteiger partial charge in [0.2, 0.25) is 5.91 Å². The van der Waals surface area contributed by atoms with Crippen molar-refractivity contribution in [1.82, 2.24) is 10.2 Å². The minimum absolute atomic E-state index is 0. The van der Waals surface area contributed by atoms with Gasteiger partial charge in [0.05, 0.1) is 6.54 Å². The van der Waals surface area contributed by atoms with Crippen LogP contribution in [0.1, 0.15) is 18.4 Å². The van der Waals surface area contributed by atoms with E-state index in [1.807, 2.05) is 38.2 Å². The van der Waals surface area contributed by atoms with Crippen molar-refractivity contribution >= 4 is 24.0 Å². The summed E-state index contributed by atoms with van der Waals surface area (Å²) in [6, 6.07) is 8.41. The maximum atomic E-state index is 12.0. The maximum absolute atomic E-state index is 12.0. The SMILES string of the molecule is CNCC1CCCN1CC(=O)Nc1ccc(C)cc1.Cl. The number of amides is 1. The number of hydrogen-bond donors (Lipinski definition) is 2. The van der Waals surface area contributed by atoms with E-state index < -0.39 is 0 Å². The Kier molecular flexibility index (Phi) is 6.99. The number of nitrogens with one attached hydrogen (secondary N) is 2. The third-order valence-electron chi connectivity index (χ3n) is 3.62. The number of rotatable bonds is 5. The number of likely N-dealkylation sites (N-methyl/N-ethyl adjacent to an activating group) is 1. The van der Waals surface area contributed by atoms with Crippen molar-refractivity contribution in [3.05, 3.63) is 29.8 Å². The minimum atomic E-state index is 0. The lowest BCUT2D eigenvalue weighted by atomic mass is 10.2. The quantitative estimate of drug-likeness (QED) is 0.874. The summed E-state index contributed by atoms with van der Waals surface area (Å²) in [5.74, 6) is 0.0758. The molecule has 2 N–H and O–H groups in total. The second-order valence-corrected chi connectivity index (χ2v) is 5.24. The Morgan fingerprint density at radius 2 is 2.05 bits per heavy atom. The molecule has 1 aliphatic rings. The third kappa shape index (κ3) is 4.78. The highest BCUT2D eigenvalue weighted by atomic mass is 35.5. The van der Waals surface area contributed by atoms with Crippen LogP contribution in [0.4, 0.5) is 5.69 Å². The number of benzene rings is 1. The number of aryl methyl sites for hydroxylation is 1. The van der Waals surface area contributed by atoms with Gasteiger partial charge in [0.25, 0.3) is 0 Å². The molecule has 1 heterocycles. The van der Waals surface area contributed by atoms with Crippen molar-refractivity contribution < 1.29 is 4.79 Å². The Labute approximate surface area is 127 Å². The van der Waals surface area contributed by atoms with Crippen molar-refractivity contribution in [3.63, 3.8) is 0 Å². The van der Waals surface area contributed by atoms with E-state index in [-0.39, 0.29) is 18.3 Å². The monoisotopic (exact) mass is 297 g/mol. The maximum Gasteiger partial charge on any atom is 0.238 e. The van der Waals surface area contributed by atoms with Crippen LogP contribution in [0.3, 0.4) is 0 Å². The fourth-order valence-corrected chi connectivity index (χ4v) is 2.59. The van der Waals surface area contributed by atoms with E-state index in [1.165, 1.54) is 18.4 Å². The number of halogens is 1. The van der Waals surface area contributed by atoms with Crippen LogP contribution in [-0.4, -0.2) is 43.5 Å². The first-order valence-corrected chi connectivity index (χ1v) is 6.94. The van der Waals surface area contributed by atoms with Gasteiger partial charge in [-0.15, -0.1) is 12.4 Å². The lowest BCUT2D eigenvalue weighted by molar-refractivity contribution is -0.117. The van der Waals surface area contributed by atoms with Gasteiger partial charge < -0.3 is 10.6 Å². The van der Waals surface area contributed by atoms with E-state index in [1.54, 1.807) is 0 Å². The molecule has 0 saturated carbocycles. The molecule has 1 fully saturated rings. The number of carbonyl (C=O) groups excluding carboxylic acids is 1. The molecule has 20 heavy (non-hydrogen) atoms. The average Bonchev–Trinajstić information content (AvgIpc) is 2.80. The van der Waals surface area contributed by atoms with Gasteiger partial charge in [-0.25, -0.2) is 0 Å². The Balaban J connectivity index is 0.00000200. The summed E-state index contributed by atoms with van der Waals surface area (Å²) in [5, 5.41) is 6.15. The first-order valence-electron chi connectivity index (χ1n) is 6.94. The van der Waals surface area contributed by atoms with E-state index in [0.717, 1.165) is 18.8 Å². The Bertz CT molecular complexity index is 422. The van der Waals surface area contributed by atoms with Gasteiger partial charge in [-0.1, -0.05) is 17.7 Å². The van der Waals surface area contributed by atoms with Crippen LogP contribution in [0, 0.1) is 6.92 Å². The number of hydrogen-bond acceptors (Lipinski definition) is 3. The second kappa shape index (κ2) is 8.25. The highest BCUT2D eigenvalue weighted by Gasteiger charge is 2.25. The molecule has 0 aliphatic carbocycles. The predicted octanol–water partition coefficient (Wildman–Crippen LogP) is 2.04. The van der Waals surface area contributed by atoms with E-state index in [0.29, 0.717) is 12.6 Å². The standard InChI is InChI=1S/C15H23N3O.ClH/c1-12-5-7-13(8-6-12)17-15(19)11-18-9-3-4-14(18)10-16-2;/h5-8,14,16H,3-4,9-11H2,1-2H3,(H,17,19);1H. The summed E-state index contributed by atoms with van der Waals surface area (Å²) < 4.78 is 0. The Hall–Kier alpha value is -1.10. The smallest absolute Gasteiger partial charge is 0.238 e. The van der Waals surface area contributed by atoms with E-state index >= 15 is 0 Å². The first kappa shape index (κ1) is 17.0. The molecule has 0 aromatic heterocycles. The topological polar surface area (TPSA) is 44.4 Å². The van der Waals surface area contributed by atoms with Crippen molar-refractivity contribution in [1.29, 1.82) is 0 Å².